The maximum absolute atomic E-state index is 12.0. The number of rotatable bonds is 8. The van der Waals surface area contributed by atoms with E-state index in [2.05, 4.69) is 34.4 Å². The van der Waals surface area contributed by atoms with Crippen molar-refractivity contribution in [2.24, 2.45) is 0 Å². The quantitative estimate of drug-likeness (QED) is 0.757. The Morgan fingerprint density at radius 2 is 2.11 bits per heavy atom. The lowest BCUT2D eigenvalue weighted by Gasteiger charge is -2.13. The number of nitrogens with zero attached hydrogens (tertiary/aromatic N) is 2. The van der Waals surface area contributed by atoms with Crippen LogP contribution in [0.15, 0.2) is 12.4 Å². The highest BCUT2D eigenvalue weighted by atomic mass is 16.1. The first-order chi connectivity index (χ1) is 9.17. The van der Waals surface area contributed by atoms with Crippen molar-refractivity contribution >= 4 is 11.7 Å². The zero-order valence-electron chi connectivity index (χ0n) is 12.1. The SMILES string of the molecule is CCCCC(C)NC(=O)c1cncc(NCCC)n1. The minimum atomic E-state index is -0.156. The molecule has 1 amide bonds. The van der Waals surface area contributed by atoms with Gasteiger partial charge < -0.3 is 10.6 Å². The van der Waals surface area contributed by atoms with Crippen LogP contribution in [0, 0.1) is 0 Å². The predicted octanol–water partition coefficient (Wildman–Crippen LogP) is 2.61. The molecule has 0 aliphatic carbocycles. The second-order valence-corrected chi connectivity index (χ2v) is 4.73. The molecule has 0 aliphatic rings. The molecule has 0 aromatic carbocycles. The highest BCUT2D eigenvalue weighted by molar-refractivity contribution is 5.92. The molecule has 1 aromatic rings. The summed E-state index contributed by atoms with van der Waals surface area (Å²) in [6, 6.07) is 0.168. The predicted molar refractivity (Wildman–Crippen MR) is 77.3 cm³/mol. The number of anilines is 1. The third-order valence-electron chi connectivity index (χ3n) is 2.79. The van der Waals surface area contributed by atoms with Crippen LogP contribution < -0.4 is 10.6 Å². The Bertz CT molecular complexity index is 395. The summed E-state index contributed by atoms with van der Waals surface area (Å²) in [7, 11) is 0. The molecule has 1 heterocycles. The Kier molecular flexibility index (Phi) is 6.85. The molecule has 1 rings (SSSR count). The fourth-order valence-electron chi connectivity index (χ4n) is 1.69. The van der Waals surface area contributed by atoms with Crippen LogP contribution in [0.25, 0.3) is 0 Å². The third kappa shape index (κ3) is 5.68. The molecule has 1 atom stereocenters. The number of unbranched alkanes of at least 4 members (excludes halogenated alkanes) is 1. The van der Waals surface area contributed by atoms with Crippen molar-refractivity contribution in [3.05, 3.63) is 18.1 Å². The number of carbonyl (C=O) groups is 1. The molecule has 106 valence electrons. The van der Waals surface area contributed by atoms with Gasteiger partial charge in [-0.1, -0.05) is 26.7 Å². The molecule has 2 N–H and O–H groups in total. The Hall–Kier alpha value is -1.65. The van der Waals surface area contributed by atoms with Gasteiger partial charge in [0.1, 0.15) is 11.5 Å². The fourth-order valence-corrected chi connectivity index (χ4v) is 1.69. The van der Waals surface area contributed by atoms with E-state index in [1.807, 2.05) is 6.92 Å². The number of hydrogen-bond acceptors (Lipinski definition) is 4. The first kappa shape index (κ1) is 15.4. The molecule has 1 unspecified atom stereocenters. The fraction of sp³-hybridized carbons (Fsp3) is 0.643. The highest BCUT2D eigenvalue weighted by Crippen LogP contribution is 2.04. The molecule has 1 aromatic heterocycles. The van der Waals surface area contributed by atoms with Gasteiger partial charge in [-0.05, 0) is 19.8 Å². The summed E-state index contributed by atoms with van der Waals surface area (Å²) in [5, 5.41) is 6.07. The van der Waals surface area contributed by atoms with Crippen LogP contribution in [-0.2, 0) is 0 Å². The number of hydrogen-bond donors (Lipinski definition) is 2. The van der Waals surface area contributed by atoms with Crippen molar-refractivity contribution < 1.29 is 4.79 Å². The van der Waals surface area contributed by atoms with E-state index >= 15 is 0 Å². The minimum absolute atomic E-state index is 0.156. The topological polar surface area (TPSA) is 66.9 Å². The molecule has 19 heavy (non-hydrogen) atoms. The summed E-state index contributed by atoms with van der Waals surface area (Å²) in [5.41, 5.74) is 0.365. The van der Waals surface area contributed by atoms with Gasteiger partial charge in [0.05, 0.1) is 12.4 Å². The Labute approximate surface area is 115 Å². The van der Waals surface area contributed by atoms with E-state index in [0.717, 1.165) is 32.2 Å². The summed E-state index contributed by atoms with van der Waals surface area (Å²) < 4.78 is 0. The van der Waals surface area contributed by atoms with Crippen molar-refractivity contribution in [1.29, 1.82) is 0 Å². The van der Waals surface area contributed by atoms with Crippen LogP contribution in [0.1, 0.15) is 56.9 Å². The molecular weight excluding hydrogens is 240 g/mol. The maximum atomic E-state index is 12.0. The van der Waals surface area contributed by atoms with Crippen LogP contribution in [0.3, 0.4) is 0 Å². The molecule has 0 radical (unpaired) electrons. The lowest BCUT2D eigenvalue weighted by molar-refractivity contribution is 0.0932. The average Bonchev–Trinajstić information content (AvgIpc) is 2.43. The van der Waals surface area contributed by atoms with Gasteiger partial charge in [-0.25, -0.2) is 4.98 Å². The molecule has 5 nitrogen and oxygen atoms in total. The lowest BCUT2D eigenvalue weighted by atomic mass is 10.1. The van der Waals surface area contributed by atoms with Crippen LogP contribution in [-0.4, -0.2) is 28.5 Å². The van der Waals surface area contributed by atoms with Gasteiger partial charge in [-0.15, -0.1) is 0 Å². The smallest absolute Gasteiger partial charge is 0.271 e. The molecule has 0 spiro atoms. The van der Waals surface area contributed by atoms with Crippen LogP contribution in [0.4, 0.5) is 5.82 Å². The third-order valence-corrected chi connectivity index (χ3v) is 2.79. The van der Waals surface area contributed by atoms with Gasteiger partial charge in [0, 0.05) is 12.6 Å². The van der Waals surface area contributed by atoms with Gasteiger partial charge in [-0.2, -0.15) is 0 Å². The van der Waals surface area contributed by atoms with Gasteiger partial charge in [0.2, 0.25) is 0 Å². The standard InChI is InChI=1S/C14H24N4O/c1-4-6-7-11(3)17-14(19)12-9-15-10-13(18-12)16-8-5-2/h9-11H,4-8H2,1-3H3,(H,16,18)(H,17,19). The van der Waals surface area contributed by atoms with E-state index in [-0.39, 0.29) is 11.9 Å². The van der Waals surface area contributed by atoms with E-state index in [0.29, 0.717) is 11.5 Å². The largest absolute Gasteiger partial charge is 0.369 e. The van der Waals surface area contributed by atoms with Crippen molar-refractivity contribution in [2.45, 2.75) is 52.5 Å². The number of amides is 1. The number of nitrogens with one attached hydrogen (secondary N) is 2. The summed E-state index contributed by atoms with van der Waals surface area (Å²) in [5.74, 6) is 0.493. The van der Waals surface area contributed by atoms with Crippen molar-refractivity contribution in [1.82, 2.24) is 15.3 Å². The first-order valence-corrected chi connectivity index (χ1v) is 7.04. The summed E-state index contributed by atoms with van der Waals surface area (Å²) in [6.45, 7) is 7.06. The van der Waals surface area contributed by atoms with E-state index < -0.39 is 0 Å². The zero-order chi connectivity index (χ0) is 14.1. The van der Waals surface area contributed by atoms with Crippen LogP contribution in [0.2, 0.25) is 0 Å². The molecular formula is C14H24N4O. The second-order valence-electron chi connectivity index (χ2n) is 4.73. The lowest BCUT2D eigenvalue weighted by Crippen LogP contribution is -2.33. The van der Waals surface area contributed by atoms with Gasteiger partial charge >= 0.3 is 0 Å². The molecule has 0 bridgehead atoms. The van der Waals surface area contributed by atoms with Crippen molar-refractivity contribution in [3.8, 4) is 0 Å². The van der Waals surface area contributed by atoms with Gasteiger partial charge in [0.25, 0.3) is 5.91 Å². The molecule has 0 saturated heterocycles. The summed E-state index contributed by atoms with van der Waals surface area (Å²) >= 11 is 0. The van der Waals surface area contributed by atoms with E-state index in [9.17, 15) is 4.79 Å². The molecule has 5 heteroatoms. The Balaban J connectivity index is 2.56. The van der Waals surface area contributed by atoms with Crippen LogP contribution >= 0.6 is 0 Å². The molecule has 0 aliphatic heterocycles. The maximum Gasteiger partial charge on any atom is 0.271 e. The molecule has 0 saturated carbocycles. The Morgan fingerprint density at radius 1 is 1.32 bits per heavy atom. The summed E-state index contributed by atoms with van der Waals surface area (Å²) in [6.07, 6.45) is 7.38. The second kappa shape index (κ2) is 8.45. The molecule has 0 fully saturated rings. The number of carbonyl (C=O) groups excluding carboxylic acids is 1. The monoisotopic (exact) mass is 264 g/mol. The van der Waals surface area contributed by atoms with E-state index in [4.69, 9.17) is 0 Å². The average molecular weight is 264 g/mol. The number of aromatic nitrogens is 2. The highest BCUT2D eigenvalue weighted by Gasteiger charge is 2.11. The zero-order valence-corrected chi connectivity index (χ0v) is 12.1. The minimum Gasteiger partial charge on any atom is -0.369 e. The van der Waals surface area contributed by atoms with E-state index in [1.54, 1.807) is 6.20 Å². The van der Waals surface area contributed by atoms with Crippen LogP contribution in [0.5, 0.6) is 0 Å². The first-order valence-electron chi connectivity index (χ1n) is 7.04. The normalized spacial score (nSPS) is 11.9. The Morgan fingerprint density at radius 3 is 2.79 bits per heavy atom. The van der Waals surface area contributed by atoms with Gasteiger partial charge in [-0.3, -0.25) is 9.78 Å². The van der Waals surface area contributed by atoms with Crippen molar-refractivity contribution in [2.75, 3.05) is 11.9 Å². The van der Waals surface area contributed by atoms with Gasteiger partial charge in [0.15, 0.2) is 0 Å². The van der Waals surface area contributed by atoms with E-state index in [1.165, 1.54) is 6.20 Å². The summed E-state index contributed by atoms with van der Waals surface area (Å²) in [4.78, 5) is 20.3. The van der Waals surface area contributed by atoms with Crippen molar-refractivity contribution in [3.63, 3.8) is 0 Å².